The van der Waals surface area contributed by atoms with Gasteiger partial charge in [-0.3, -0.25) is 4.79 Å². The summed E-state index contributed by atoms with van der Waals surface area (Å²) in [5.74, 6) is 0.299. The molecule has 1 fully saturated rings. The normalized spacial score (nSPS) is 17.7. The largest absolute Gasteiger partial charge is 0.352 e. The monoisotopic (exact) mass is 446 g/mol. The molecule has 30 heavy (non-hydrogen) atoms. The summed E-state index contributed by atoms with van der Waals surface area (Å²) >= 11 is 1.12. The highest BCUT2D eigenvalue weighted by Crippen LogP contribution is 2.31. The number of hydrogen-bond donors (Lipinski definition) is 1. The van der Waals surface area contributed by atoms with Crippen LogP contribution in [-0.4, -0.2) is 41.9 Å². The predicted octanol–water partition coefficient (Wildman–Crippen LogP) is 2.82. The van der Waals surface area contributed by atoms with Crippen LogP contribution in [0.15, 0.2) is 50.5 Å². The van der Waals surface area contributed by atoms with Gasteiger partial charge in [-0.15, -0.1) is 11.3 Å². The zero-order chi connectivity index (χ0) is 21.1. The van der Waals surface area contributed by atoms with E-state index in [2.05, 4.69) is 15.5 Å². The number of amides is 1. The third kappa shape index (κ3) is 4.45. The lowest BCUT2D eigenvalue weighted by Crippen LogP contribution is -2.45. The number of nitrogens with zero attached hydrogens (tertiary/aromatic N) is 3. The van der Waals surface area contributed by atoms with Crippen LogP contribution in [0.25, 0.3) is 11.4 Å². The number of piperidine rings is 1. The molecule has 2 aromatic heterocycles. The highest BCUT2D eigenvalue weighted by Gasteiger charge is 2.34. The molecule has 4 rings (SSSR count). The van der Waals surface area contributed by atoms with E-state index in [0.717, 1.165) is 16.9 Å². The second-order valence-electron chi connectivity index (χ2n) is 7.20. The molecule has 0 saturated carbocycles. The molecule has 1 aliphatic rings. The SMILES string of the molecule is Cc1nc(-c2csc(S(=O)(=O)N3CCCC(C(=O)NCc4ccccc4)C3)c2)no1. The molecule has 1 amide bonds. The Kier molecular flexibility index (Phi) is 5.98. The number of rotatable bonds is 6. The van der Waals surface area contributed by atoms with Crippen molar-refractivity contribution in [1.29, 1.82) is 0 Å². The van der Waals surface area contributed by atoms with E-state index in [4.69, 9.17) is 4.52 Å². The van der Waals surface area contributed by atoms with Gasteiger partial charge in [0.2, 0.25) is 17.6 Å². The van der Waals surface area contributed by atoms with Crippen molar-refractivity contribution in [3.05, 3.63) is 53.2 Å². The first kappa shape index (κ1) is 20.7. The minimum absolute atomic E-state index is 0.118. The van der Waals surface area contributed by atoms with Crippen molar-refractivity contribution in [1.82, 2.24) is 19.8 Å². The van der Waals surface area contributed by atoms with Crippen LogP contribution >= 0.6 is 11.3 Å². The molecule has 0 aliphatic carbocycles. The summed E-state index contributed by atoms with van der Waals surface area (Å²) in [4.78, 5) is 16.8. The van der Waals surface area contributed by atoms with Gasteiger partial charge in [0.05, 0.1) is 5.92 Å². The van der Waals surface area contributed by atoms with Crippen LogP contribution in [0.5, 0.6) is 0 Å². The van der Waals surface area contributed by atoms with Crippen LogP contribution in [0, 0.1) is 12.8 Å². The van der Waals surface area contributed by atoms with Gasteiger partial charge in [0.25, 0.3) is 10.0 Å². The number of carbonyl (C=O) groups excluding carboxylic acids is 1. The molecule has 1 aromatic carbocycles. The maximum absolute atomic E-state index is 13.1. The maximum Gasteiger partial charge on any atom is 0.252 e. The number of nitrogens with one attached hydrogen (secondary N) is 1. The van der Waals surface area contributed by atoms with Crippen LogP contribution in [0.4, 0.5) is 0 Å². The van der Waals surface area contributed by atoms with Gasteiger partial charge in [0, 0.05) is 37.5 Å². The second-order valence-corrected chi connectivity index (χ2v) is 10.3. The molecule has 1 saturated heterocycles. The average Bonchev–Trinajstić information content (AvgIpc) is 3.42. The second kappa shape index (κ2) is 8.66. The van der Waals surface area contributed by atoms with E-state index in [1.54, 1.807) is 18.4 Å². The third-order valence-corrected chi connectivity index (χ3v) is 8.30. The minimum Gasteiger partial charge on any atom is -0.352 e. The number of hydrogen-bond acceptors (Lipinski definition) is 7. The molecule has 3 aromatic rings. The van der Waals surface area contributed by atoms with Crippen LogP contribution in [0.2, 0.25) is 0 Å². The molecule has 1 unspecified atom stereocenters. The Labute approximate surface area is 179 Å². The summed E-state index contributed by atoms with van der Waals surface area (Å²) in [5, 5.41) is 8.46. The van der Waals surface area contributed by atoms with Gasteiger partial charge in [-0.1, -0.05) is 35.5 Å². The first-order valence-corrected chi connectivity index (χ1v) is 12.0. The molecule has 0 bridgehead atoms. The van der Waals surface area contributed by atoms with E-state index in [9.17, 15) is 13.2 Å². The molecular formula is C20H22N4O4S2. The van der Waals surface area contributed by atoms with Crippen molar-refractivity contribution in [2.24, 2.45) is 5.92 Å². The highest BCUT2D eigenvalue weighted by molar-refractivity contribution is 7.91. The van der Waals surface area contributed by atoms with E-state index in [0.29, 0.717) is 43.2 Å². The van der Waals surface area contributed by atoms with Gasteiger partial charge in [0.1, 0.15) is 4.21 Å². The fourth-order valence-corrected chi connectivity index (χ4v) is 6.25. The van der Waals surface area contributed by atoms with Gasteiger partial charge >= 0.3 is 0 Å². The molecule has 3 heterocycles. The van der Waals surface area contributed by atoms with Gasteiger partial charge in [-0.05, 0) is 24.5 Å². The topological polar surface area (TPSA) is 105 Å². The lowest BCUT2D eigenvalue weighted by Gasteiger charge is -2.30. The first-order chi connectivity index (χ1) is 14.4. The van der Waals surface area contributed by atoms with E-state index < -0.39 is 10.0 Å². The Morgan fingerprint density at radius 3 is 2.87 bits per heavy atom. The van der Waals surface area contributed by atoms with Crippen LogP contribution in [0.3, 0.4) is 0 Å². The molecule has 0 spiro atoms. The lowest BCUT2D eigenvalue weighted by molar-refractivity contribution is -0.126. The Morgan fingerprint density at radius 2 is 2.13 bits per heavy atom. The van der Waals surface area contributed by atoms with Crippen molar-refractivity contribution in [2.45, 2.75) is 30.5 Å². The Balaban J connectivity index is 1.43. The molecular weight excluding hydrogens is 424 g/mol. The molecule has 0 radical (unpaired) electrons. The average molecular weight is 447 g/mol. The highest BCUT2D eigenvalue weighted by atomic mass is 32.2. The Morgan fingerprint density at radius 1 is 1.33 bits per heavy atom. The minimum atomic E-state index is -3.69. The number of sulfonamides is 1. The van der Waals surface area contributed by atoms with Crippen molar-refractivity contribution >= 4 is 27.3 Å². The van der Waals surface area contributed by atoms with Gasteiger partial charge in [0.15, 0.2) is 0 Å². The lowest BCUT2D eigenvalue weighted by atomic mass is 9.99. The van der Waals surface area contributed by atoms with E-state index in [1.165, 1.54) is 4.31 Å². The van der Waals surface area contributed by atoms with Crippen LogP contribution in [0.1, 0.15) is 24.3 Å². The maximum atomic E-state index is 13.1. The van der Waals surface area contributed by atoms with Crippen molar-refractivity contribution < 1.29 is 17.7 Å². The quantitative estimate of drug-likeness (QED) is 0.624. The fourth-order valence-electron chi connectivity index (χ4n) is 3.42. The predicted molar refractivity (Wildman–Crippen MR) is 112 cm³/mol. The first-order valence-electron chi connectivity index (χ1n) is 9.64. The molecule has 158 valence electrons. The summed E-state index contributed by atoms with van der Waals surface area (Å²) in [6, 6.07) is 11.2. The van der Waals surface area contributed by atoms with Crippen molar-refractivity contribution in [2.75, 3.05) is 13.1 Å². The van der Waals surface area contributed by atoms with Gasteiger partial charge < -0.3 is 9.84 Å². The van der Waals surface area contributed by atoms with E-state index in [-0.39, 0.29) is 22.6 Å². The molecule has 10 heteroatoms. The molecule has 1 N–H and O–H groups in total. The van der Waals surface area contributed by atoms with Crippen LogP contribution < -0.4 is 5.32 Å². The Bertz CT molecular complexity index is 1120. The Hall–Kier alpha value is -2.56. The fraction of sp³-hybridized carbons (Fsp3) is 0.350. The molecule has 1 aliphatic heterocycles. The van der Waals surface area contributed by atoms with Crippen LogP contribution in [-0.2, 0) is 21.4 Å². The van der Waals surface area contributed by atoms with Crippen molar-refractivity contribution in [3.63, 3.8) is 0 Å². The zero-order valence-corrected chi connectivity index (χ0v) is 18.1. The number of aromatic nitrogens is 2. The summed E-state index contributed by atoms with van der Waals surface area (Å²) < 4.78 is 32.8. The van der Waals surface area contributed by atoms with Crippen molar-refractivity contribution in [3.8, 4) is 11.4 Å². The molecule has 1 atom stereocenters. The zero-order valence-electron chi connectivity index (χ0n) is 16.4. The standard InChI is InChI=1S/C20H22N4O4S2/c1-14-22-19(23-28-14)17-10-18(29-13-17)30(26,27)24-9-5-8-16(12-24)20(25)21-11-15-6-3-2-4-7-15/h2-4,6-7,10,13,16H,5,8-9,11-12H2,1H3,(H,21,25). The summed E-state index contributed by atoms with van der Waals surface area (Å²) in [7, 11) is -3.69. The van der Waals surface area contributed by atoms with Gasteiger partial charge in [-0.25, -0.2) is 8.42 Å². The number of aryl methyl sites for hydroxylation is 1. The molecule has 8 nitrogen and oxygen atoms in total. The smallest absolute Gasteiger partial charge is 0.252 e. The number of benzene rings is 1. The summed E-state index contributed by atoms with van der Waals surface area (Å²) in [6.45, 7) is 2.69. The third-order valence-electron chi connectivity index (χ3n) is 5.02. The van der Waals surface area contributed by atoms with Gasteiger partial charge in [-0.2, -0.15) is 9.29 Å². The van der Waals surface area contributed by atoms with E-state index in [1.807, 2.05) is 30.3 Å². The number of carbonyl (C=O) groups is 1. The summed E-state index contributed by atoms with van der Waals surface area (Å²) in [6.07, 6.45) is 1.31. The van der Waals surface area contributed by atoms with E-state index >= 15 is 0 Å². The summed E-state index contributed by atoms with van der Waals surface area (Å²) in [5.41, 5.74) is 1.61. The number of thiophene rings is 1.